The number of aliphatic hydroxyl groups is 1. The highest BCUT2D eigenvalue weighted by Gasteiger charge is 2.51. The number of aliphatic hydroxyl groups excluding tert-OH is 1. The third kappa shape index (κ3) is 0.953. The van der Waals surface area contributed by atoms with Crippen LogP contribution < -0.4 is 0 Å². The second kappa shape index (κ2) is 2.87. The van der Waals surface area contributed by atoms with Gasteiger partial charge in [-0.25, -0.2) is 0 Å². The average molecular weight is 194 g/mol. The number of allylic oxidation sites excluding steroid dienone is 3. The molecule has 2 aliphatic rings. The first-order chi connectivity index (χ1) is 6.62. The fourth-order valence-electron chi connectivity index (χ4n) is 2.47. The molecule has 3 nitrogen and oxygen atoms in total. The summed E-state index contributed by atoms with van der Waals surface area (Å²) in [4.78, 5) is 11.9. The molecule has 0 amide bonds. The van der Waals surface area contributed by atoms with Crippen LogP contribution in [-0.2, 0) is 9.53 Å². The van der Waals surface area contributed by atoms with Crippen LogP contribution in [0.3, 0.4) is 0 Å². The van der Waals surface area contributed by atoms with E-state index in [9.17, 15) is 9.90 Å². The van der Waals surface area contributed by atoms with E-state index < -0.39 is 5.41 Å². The largest absolute Gasteiger partial charge is 0.502 e. The molecule has 0 aromatic carbocycles. The zero-order valence-corrected chi connectivity index (χ0v) is 8.30. The topological polar surface area (TPSA) is 46.5 Å². The van der Waals surface area contributed by atoms with Gasteiger partial charge in [0.05, 0.1) is 12.5 Å². The first-order valence-electron chi connectivity index (χ1n) is 4.81. The Kier molecular flexibility index (Phi) is 1.91. The summed E-state index contributed by atoms with van der Waals surface area (Å²) in [5.74, 6) is 0.0189. The maximum absolute atomic E-state index is 11.9. The molecule has 0 aromatic heterocycles. The molecule has 76 valence electrons. The van der Waals surface area contributed by atoms with Crippen molar-refractivity contribution < 1.29 is 14.6 Å². The van der Waals surface area contributed by atoms with Crippen molar-refractivity contribution in [2.75, 3.05) is 7.11 Å². The quantitative estimate of drug-likeness (QED) is 0.650. The minimum atomic E-state index is -0.532. The number of hydrogen-bond acceptors (Lipinski definition) is 3. The molecule has 0 heterocycles. The van der Waals surface area contributed by atoms with Crippen LogP contribution in [0.15, 0.2) is 23.7 Å². The molecule has 0 saturated heterocycles. The molecule has 0 aliphatic heterocycles. The molecule has 1 atom stereocenters. The van der Waals surface area contributed by atoms with Gasteiger partial charge in [0.2, 0.25) is 5.78 Å². The van der Waals surface area contributed by atoms with Gasteiger partial charge in [-0.3, -0.25) is 4.79 Å². The lowest BCUT2D eigenvalue weighted by molar-refractivity contribution is -0.123. The highest BCUT2D eigenvalue weighted by Crippen LogP contribution is 2.52. The Morgan fingerprint density at radius 1 is 1.57 bits per heavy atom. The van der Waals surface area contributed by atoms with Crippen LogP contribution in [0.2, 0.25) is 0 Å². The molecule has 1 spiro atoms. The molecule has 0 aromatic rings. The summed E-state index contributed by atoms with van der Waals surface area (Å²) in [7, 11) is 1.48. The fourth-order valence-corrected chi connectivity index (χ4v) is 2.47. The summed E-state index contributed by atoms with van der Waals surface area (Å²) < 4.78 is 5.00. The van der Waals surface area contributed by atoms with E-state index in [0.29, 0.717) is 12.2 Å². The Morgan fingerprint density at radius 3 is 2.71 bits per heavy atom. The van der Waals surface area contributed by atoms with E-state index in [1.165, 1.54) is 7.11 Å². The van der Waals surface area contributed by atoms with Crippen molar-refractivity contribution in [2.45, 2.75) is 25.7 Å². The second-order valence-electron chi connectivity index (χ2n) is 4.02. The van der Waals surface area contributed by atoms with Crippen molar-refractivity contribution in [1.82, 2.24) is 0 Å². The van der Waals surface area contributed by atoms with Crippen molar-refractivity contribution in [3.05, 3.63) is 23.7 Å². The van der Waals surface area contributed by atoms with Gasteiger partial charge in [-0.05, 0) is 19.3 Å². The van der Waals surface area contributed by atoms with E-state index in [1.807, 2.05) is 0 Å². The van der Waals surface area contributed by atoms with Gasteiger partial charge in [-0.15, -0.1) is 0 Å². The lowest BCUT2D eigenvalue weighted by Crippen LogP contribution is -2.25. The van der Waals surface area contributed by atoms with E-state index in [2.05, 4.69) is 6.58 Å². The lowest BCUT2D eigenvalue weighted by atomic mass is 9.79. The number of Topliss-reactive ketones (excluding diaryl/α,β-unsaturated/α-hetero) is 1. The van der Waals surface area contributed by atoms with Crippen LogP contribution >= 0.6 is 0 Å². The highest BCUT2D eigenvalue weighted by atomic mass is 16.5. The molecule has 2 aliphatic carbocycles. The molecule has 1 saturated carbocycles. The third-order valence-corrected chi connectivity index (χ3v) is 3.38. The highest BCUT2D eigenvalue weighted by molar-refractivity contribution is 6.03. The summed E-state index contributed by atoms with van der Waals surface area (Å²) >= 11 is 0. The summed E-state index contributed by atoms with van der Waals surface area (Å²) in [5, 5.41) is 9.56. The van der Waals surface area contributed by atoms with Crippen molar-refractivity contribution in [3.8, 4) is 0 Å². The molecule has 3 heteroatoms. The van der Waals surface area contributed by atoms with Gasteiger partial charge in [-0.1, -0.05) is 12.2 Å². The number of carbonyl (C=O) groups excluding carboxylic acids is 1. The van der Waals surface area contributed by atoms with E-state index in [0.717, 1.165) is 24.8 Å². The normalized spacial score (nSPS) is 32.1. The standard InChI is InChI=1S/C11H14O3/c1-7-4-3-5-11(7)6-8(14-2)9(12)10(11)13/h12H,1,3-6H2,2H3. The van der Waals surface area contributed by atoms with Gasteiger partial charge in [0.15, 0.2) is 5.76 Å². The Labute approximate surface area is 83.1 Å². The first-order valence-corrected chi connectivity index (χ1v) is 4.81. The summed E-state index contributed by atoms with van der Waals surface area (Å²) in [6, 6.07) is 0. The van der Waals surface area contributed by atoms with Crippen molar-refractivity contribution in [1.29, 1.82) is 0 Å². The Balaban J connectivity index is 2.37. The monoisotopic (exact) mass is 194 g/mol. The van der Waals surface area contributed by atoms with Crippen LogP contribution in [0.1, 0.15) is 25.7 Å². The number of carbonyl (C=O) groups is 1. The molecule has 14 heavy (non-hydrogen) atoms. The number of ketones is 1. The summed E-state index contributed by atoms with van der Waals surface area (Å²) in [5.41, 5.74) is 0.413. The number of methoxy groups -OCH3 is 1. The lowest BCUT2D eigenvalue weighted by Gasteiger charge is -2.22. The summed E-state index contributed by atoms with van der Waals surface area (Å²) in [6.45, 7) is 3.93. The third-order valence-electron chi connectivity index (χ3n) is 3.38. The number of rotatable bonds is 1. The predicted octanol–water partition coefficient (Wildman–Crippen LogP) is 2.10. The molecule has 2 rings (SSSR count). The maximum Gasteiger partial charge on any atom is 0.211 e. The Hall–Kier alpha value is -1.25. The van der Waals surface area contributed by atoms with E-state index in [4.69, 9.17) is 4.74 Å². The van der Waals surface area contributed by atoms with Gasteiger partial charge in [0.25, 0.3) is 0 Å². The minimum absolute atomic E-state index is 0.197. The van der Waals surface area contributed by atoms with Gasteiger partial charge in [0.1, 0.15) is 5.76 Å². The van der Waals surface area contributed by atoms with Crippen molar-refractivity contribution in [2.24, 2.45) is 5.41 Å². The van der Waals surface area contributed by atoms with Crippen molar-refractivity contribution in [3.63, 3.8) is 0 Å². The van der Waals surface area contributed by atoms with E-state index in [1.54, 1.807) is 0 Å². The number of hydrogen-bond donors (Lipinski definition) is 1. The summed E-state index contributed by atoms with van der Waals surface area (Å²) in [6.07, 6.45) is 3.15. The fraction of sp³-hybridized carbons (Fsp3) is 0.545. The zero-order valence-electron chi connectivity index (χ0n) is 8.30. The molecule has 1 N–H and O–H groups in total. The first kappa shape index (κ1) is 9.31. The molecular formula is C11H14O3. The molecule has 1 fully saturated rings. The van der Waals surface area contributed by atoms with Crippen LogP contribution in [0, 0.1) is 5.41 Å². The smallest absolute Gasteiger partial charge is 0.211 e. The van der Waals surface area contributed by atoms with Gasteiger partial charge in [0, 0.05) is 6.42 Å². The average Bonchev–Trinajstić information content (AvgIpc) is 2.65. The molecule has 1 unspecified atom stereocenters. The van der Waals surface area contributed by atoms with Gasteiger partial charge >= 0.3 is 0 Å². The van der Waals surface area contributed by atoms with Crippen LogP contribution in [0.4, 0.5) is 0 Å². The molecular weight excluding hydrogens is 180 g/mol. The van der Waals surface area contributed by atoms with Gasteiger partial charge in [-0.2, -0.15) is 0 Å². The Bertz CT molecular complexity index is 340. The van der Waals surface area contributed by atoms with Crippen LogP contribution in [0.5, 0.6) is 0 Å². The van der Waals surface area contributed by atoms with E-state index in [-0.39, 0.29) is 11.5 Å². The maximum atomic E-state index is 11.9. The zero-order chi connectivity index (χ0) is 10.3. The number of ether oxygens (including phenoxy) is 1. The SMILES string of the molecule is C=C1CCCC12CC(OC)=C(O)C2=O. The molecule has 0 radical (unpaired) electrons. The van der Waals surface area contributed by atoms with Crippen LogP contribution in [0.25, 0.3) is 0 Å². The predicted molar refractivity (Wildman–Crippen MR) is 51.7 cm³/mol. The minimum Gasteiger partial charge on any atom is -0.502 e. The van der Waals surface area contributed by atoms with E-state index >= 15 is 0 Å². The van der Waals surface area contributed by atoms with Gasteiger partial charge < -0.3 is 9.84 Å². The molecule has 0 bridgehead atoms. The second-order valence-corrected chi connectivity index (χ2v) is 4.02. The Morgan fingerprint density at radius 2 is 2.29 bits per heavy atom. The van der Waals surface area contributed by atoms with Crippen molar-refractivity contribution >= 4 is 5.78 Å². The van der Waals surface area contributed by atoms with Crippen LogP contribution in [-0.4, -0.2) is 18.0 Å².